The molecule has 0 aliphatic carbocycles. The van der Waals surface area contributed by atoms with Crippen LogP contribution in [0.25, 0.3) is 0 Å². The van der Waals surface area contributed by atoms with Crippen LogP contribution in [0.5, 0.6) is 0 Å². The molecule has 0 saturated carbocycles. The van der Waals surface area contributed by atoms with E-state index in [1.807, 2.05) is 0 Å². The maximum atomic E-state index is 11.7. The number of hydrogen-bond donors (Lipinski definition) is 2. The smallest absolute Gasteiger partial charge is 0.321 e. The quantitative estimate of drug-likeness (QED) is 0.408. The highest BCUT2D eigenvalue weighted by Crippen LogP contribution is 2.06. The molecule has 0 fully saturated rings. The summed E-state index contributed by atoms with van der Waals surface area (Å²) in [6.07, 6.45) is 6.14. The van der Waals surface area contributed by atoms with Crippen LogP contribution in [-0.4, -0.2) is 43.4 Å². The minimum absolute atomic E-state index is 0.266. The summed E-state index contributed by atoms with van der Waals surface area (Å²) in [6, 6.07) is -0.266. The van der Waals surface area contributed by atoms with Gasteiger partial charge in [-0.25, -0.2) is 19.6 Å². The fraction of sp³-hybridized carbons (Fsp3) is 0.733. The number of rotatable bonds is 8. The normalized spacial score (nSPS) is 14.0. The van der Waals surface area contributed by atoms with Gasteiger partial charge in [-0.2, -0.15) is 0 Å². The lowest BCUT2D eigenvalue weighted by Gasteiger charge is -2.15. The minimum atomic E-state index is -0.266. The third-order valence-electron chi connectivity index (χ3n) is 3.32. The second-order valence-corrected chi connectivity index (χ2v) is 5.48. The Labute approximate surface area is 131 Å². The topological polar surface area (TPSA) is 95.3 Å². The van der Waals surface area contributed by atoms with E-state index in [2.05, 4.69) is 39.5 Å². The molecule has 2 N–H and O–H groups in total. The molecule has 0 aromatic carbocycles. The zero-order valence-corrected chi connectivity index (χ0v) is 13.4. The molecule has 1 rings (SSSR count). The first-order valence-corrected chi connectivity index (χ1v) is 7.84. The molecule has 0 bridgehead atoms. The second-order valence-electron chi connectivity index (χ2n) is 5.48. The fourth-order valence-corrected chi connectivity index (χ4v) is 2.05. The molecule has 0 saturated heterocycles. The number of nitrogens with zero attached hydrogens (tertiary/aromatic N) is 3. The zero-order valence-electron chi connectivity index (χ0n) is 13.4. The molecule has 7 nitrogen and oxygen atoms in total. The first-order valence-electron chi connectivity index (χ1n) is 7.84. The molecule has 0 aromatic heterocycles. The van der Waals surface area contributed by atoms with Crippen LogP contribution < -0.4 is 10.6 Å². The van der Waals surface area contributed by atoms with E-state index in [1.54, 1.807) is 0 Å². The first kappa shape index (κ1) is 18.0. The van der Waals surface area contributed by atoms with Gasteiger partial charge in [0.1, 0.15) is 0 Å². The van der Waals surface area contributed by atoms with Crippen molar-refractivity contribution >= 4 is 23.8 Å². The highest BCUT2D eigenvalue weighted by atomic mass is 16.2. The summed E-state index contributed by atoms with van der Waals surface area (Å²) < 4.78 is 0. The SMILES string of the molecule is CC(C)C1=NC(NC(=O)NCCCCCCN=C=O)=NCC1. The van der Waals surface area contributed by atoms with Gasteiger partial charge in [-0.3, -0.25) is 10.3 Å². The average molecular weight is 307 g/mol. The number of guanidine groups is 1. The highest BCUT2D eigenvalue weighted by Gasteiger charge is 2.13. The van der Waals surface area contributed by atoms with E-state index in [0.29, 0.717) is 31.5 Å². The van der Waals surface area contributed by atoms with Gasteiger partial charge < -0.3 is 5.32 Å². The third-order valence-corrected chi connectivity index (χ3v) is 3.32. The molecule has 2 amide bonds. The van der Waals surface area contributed by atoms with Crippen LogP contribution >= 0.6 is 0 Å². The summed E-state index contributed by atoms with van der Waals surface area (Å²) in [4.78, 5) is 33.7. The van der Waals surface area contributed by atoms with Crippen LogP contribution in [-0.2, 0) is 4.79 Å². The number of hydrogen-bond acceptors (Lipinski definition) is 5. The lowest BCUT2D eigenvalue weighted by Crippen LogP contribution is -2.40. The van der Waals surface area contributed by atoms with Gasteiger partial charge in [0, 0.05) is 25.2 Å². The number of unbranched alkanes of at least 4 members (excludes halogenated alkanes) is 3. The molecule has 122 valence electrons. The van der Waals surface area contributed by atoms with Crippen molar-refractivity contribution in [2.75, 3.05) is 19.6 Å². The highest BCUT2D eigenvalue weighted by molar-refractivity contribution is 6.05. The molecule has 1 aliphatic rings. The third kappa shape index (κ3) is 7.69. The standard InChI is InChI=1S/C15H25N5O2/c1-12(2)13-7-10-17-14(19-13)20-15(22)18-9-6-4-3-5-8-16-11-21/h12H,3-10H2,1-2H3,(H2,17,18,20,22). The van der Waals surface area contributed by atoms with Gasteiger partial charge in [0.05, 0.1) is 6.54 Å². The minimum Gasteiger partial charge on any atom is -0.338 e. The molecule has 0 unspecified atom stereocenters. The van der Waals surface area contributed by atoms with Crippen LogP contribution in [0, 0.1) is 5.92 Å². The zero-order chi connectivity index (χ0) is 16.2. The van der Waals surface area contributed by atoms with Crippen LogP contribution in [0.15, 0.2) is 15.0 Å². The maximum Gasteiger partial charge on any atom is 0.321 e. The molecule has 0 radical (unpaired) electrons. The van der Waals surface area contributed by atoms with Crippen molar-refractivity contribution in [3.63, 3.8) is 0 Å². The first-order chi connectivity index (χ1) is 10.6. The van der Waals surface area contributed by atoms with E-state index in [0.717, 1.165) is 37.8 Å². The van der Waals surface area contributed by atoms with Crippen LogP contribution in [0.3, 0.4) is 0 Å². The number of carbonyl (C=O) groups is 1. The second kappa shape index (κ2) is 10.7. The van der Waals surface area contributed by atoms with Crippen molar-refractivity contribution < 1.29 is 9.59 Å². The van der Waals surface area contributed by atoms with Gasteiger partial charge in [0.2, 0.25) is 12.0 Å². The van der Waals surface area contributed by atoms with Crippen molar-refractivity contribution in [3.05, 3.63) is 0 Å². The van der Waals surface area contributed by atoms with Crippen molar-refractivity contribution in [1.82, 2.24) is 10.6 Å². The Morgan fingerprint density at radius 2 is 2.09 bits per heavy atom. The Bertz CT molecular complexity index is 465. The maximum absolute atomic E-state index is 11.7. The van der Waals surface area contributed by atoms with E-state index in [1.165, 1.54) is 6.08 Å². The molecule has 1 heterocycles. The van der Waals surface area contributed by atoms with Crippen molar-refractivity contribution in [2.45, 2.75) is 46.0 Å². The number of isocyanates is 1. The monoisotopic (exact) mass is 307 g/mol. The van der Waals surface area contributed by atoms with Crippen molar-refractivity contribution in [2.24, 2.45) is 20.9 Å². The number of urea groups is 1. The lowest BCUT2D eigenvalue weighted by molar-refractivity contribution is 0.245. The summed E-state index contributed by atoms with van der Waals surface area (Å²) in [5, 5.41) is 5.47. The number of amides is 2. The van der Waals surface area contributed by atoms with Gasteiger partial charge in [0.25, 0.3) is 0 Å². The summed E-state index contributed by atoms with van der Waals surface area (Å²) in [7, 11) is 0. The lowest BCUT2D eigenvalue weighted by atomic mass is 10.0. The summed E-state index contributed by atoms with van der Waals surface area (Å²) in [6.45, 7) is 5.99. The molecule has 7 heteroatoms. The van der Waals surface area contributed by atoms with E-state index in [-0.39, 0.29) is 6.03 Å². The summed E-state index contributed by atoms with van der Waals surface area (Å²) in [5.74, 6) is 0.776. The van der Waals surface area contributed by atoms with E-state index >= 15 is 0 Å². The summed E-state index contributed by atoms with van der Waals surface area (Å²) >= 11 is 0. The van der Waals surface area contributed by atoms with Gasteiger partial charge in [-0.1, -0.05) is 26.7 Å². The van der Waals surface area contributed by atoms with Crippen LogP contribution in [0.2, 0.25) is 0 Å². The Balaban J connectivity index is 2.13. The van der Waals surface area contributed by atoms with E-state index in [4.69, 9.17) is 0 Å². The van der Waals surface area contributed by atoms with Crippen LogP contribution in [0.1, 0.15) is 46.0 Å². The number of carbonyl (C=O) groups excluding carboxylic acids is 2. The Morgan fingerprint density at radius 3 is 2.82 bits per heavy atom. The molecule has 0 aromatic rings. The van der Waals surface area contributed by atoms with Gasteiger partial charge >= 0.3 is 6.03 Å². The fourth-order valence-electron chi connectivity index (χ4n) is 2.05. The predicted octanol–water partition coefficient (Wildman–Crippen LogP) is 2.04. The molecule has 0 spiro atoms. The molecule has 0 atom stereocenters. The van der Waals surface area contributed by atoms with Crippen molar-refractivity contribution in [1.29, 1.82) is 0 Å². The van der Waals surface area contributed by atoms with E-state index < -0.39 is 0 Å². The Morgan fingerprint density at radius 1 is 1.32 bits per heavy atom. The molecular weight excluding hydrogens is 282 g/mol. The Hall–Kier alpha value is -2.01. The van der Waals surface area contributed by atoms with Gasteiger partial charge in [-0.05, 0) is 18.8 Å². The van der Waals surface area contributed by atoms with Crippen molar-refractivity contribution in [3.8, 4) is 0 Å². The largest absolute Gasteiger partial charge is 0.338 e. The van der Waals surface area contributed by atoms with E-state index in [9.17, 15) is 9.59 Å². The van der Waals surface area contributed by atoms with Gasteiger partial charge in [-0.15, -0.1) is 0 Å². The Kier molecular flexibility index (Phi) is 8.76. The molecule has 22 heavy (non-hydrogen) atoms. The molecule has 1 aliphatic heterocycles. The van der Waals surface area contributed by atoms with Gasteiger partial charge in [0.15, 0.2) is 0 Å². The summed E-state index contributed by atoms with van der Waals surface area (Å²) in [5.41, 5.74) is 1.07. The number of nitrogens with one attached hydrogen (secondary N) is 2. The number of aliphatic imine (C=N–C) groups is 3. The molecular formula is C15H25N5O2. The predicted molar refractivity (Wildman–Crippen MR) is 87.2 cm³/mol. The van der Waals surface area contributed by atoms with Crippen LogP contribution in [0.4, 0.5) is 4.79 Å². The average Bonchev–Trinajstić information content (AvgIpc) is 2.50.